The molecule has 8 N–H and O–H groups in total. The van der Waals surface area contributed by atoms with Crippen LogP contribution in [-0.2, 0) is 28.8 Å². The Morgan fingerprint density at radius 1 is 0.848 bits per heavy atom. The van der Waals surface area contributed by atoms with Gasteiger partial charge in [-0.15, -0.1) is 0 Å². The van der Waals surface area contributed by atoms with Gasteiger partial charge in [-0.05, 0) is 26.2 Å². The van der Waals surface area contributed by atoms with Gasteiger partial charge in [0, 0.05) is 6.42 Å². The number of rotatable bonds is 15. The molecule has 6 atom stereocenters. The molecule has 13 nitrogen and oxygen atoms in total. The van der Waals surface area contributed by atoms with Gasteiger partial charge in [-0.2, -0.15) is 0 Å². The molecule has 188 valence electrons. The Bertz CT molecular complexity index is 741. The van der Waals surface area contributed by atoms with E-state index >= 15 is 0 Å². The number of nitrogens with two attached hydrogens (primary N) is 1. The van der Waals surface area contributed by atoms with Crippen molar-refractivity contribution in [1.82, 2.24) is 16.0 Å². The summed E-state index contributed by atoms with van der Waals surface area (Å²) in [4.78, 5) is 71.2. The van der Waals surface area contributed by atoms with E-state index in [2.05, 4.69) is 16.0 Å². The monoisotopic (exact) mass is 474 g/mol. The minimum absolute atomic E-state index is 0.220. The van der Waals surface area contributed by atoms with Crippen LogP contribution < -0.4 is 21.7 Å². The van der Waals surface area contributed by atoms with Gasteiger partial charge in [0.25, 0.3) is 0 Å². The molecule has 0 aliphatic rings. The molecule has 0 bridgehead atoms. The average molecular weight is 475 g/mol. The molecular formula is C20H34N4O9. The molecule has 2 unspecified atom stereocenters. The van der Waals surface area contributed by atoms with Crippen molar-refractivity contribution in [2.75, 3.05) is 0 Å². The molecule has 0 spiro atoms. The zero-order valence-corrected chi connectivity index (χ0v) is 19.2. The number of carbonyl (C=O) groups excluding carboxylic acids is 4. The summed E-state index contributed by atoms with van der Waals surface area (Å²) in [7, 11) is 0. The van der Waals surface area contributed by atoms with Gasteiger partial charge in [-0.25, -0.2) is 0 Å². The number of carboxylic acids is 2. The molecule has 0 aromatic carbocycles. The first-order valence-electron chi connectivity index (χ1n) is 10.5. The third-order valence-electron chi connectivity index (χ3n) is 5.09. The third-order valence-corrected chi connectivity index (χ3v) is 5.09. The Kier molecular flexibility index (Phi) is 12.8. The van der Waals surface area contributed by atoms with Gasteiger partial charge in [-0.3, -0.25) is 28.8 Å². The summed E-state index contributed by atoms with van der Waals surface area (Å²) >= 11 is 0. The van der Waals surface area contributed by atoms with Crippen molar-refractivity contribution in [3.63, 3.8) is 0 Å². The van der Waals surface area contributed by atoms with Crippen molar-refractivity contribution in [1.29, 1.82) is 0 Å². The van der Waals surface area contributed by atoms with E-state index in [-0.39, 0.29) is 12.3 Å². The largest absolute Gasteiger partial charge is 0.481 e. The number of nitrogens with one attached hydrogen (secondary N) is 3. The summed E-state index contributed by atoms with van der Waals surface area (Å²) < 4.78 is 0. The number of Topliss-reactive ketones (excluding diaryl/α,β-unsaturated/α-hetero) is 1. The molecule has 0 saturated carbocycles. The Hall–Kier alpha value is -3.06. The molecule has 0 rings (SSSR count). The van der Waals surface area contributed by atoms with Crippen molar-refractivity contribution < 1.29 is 44.1 Å². The van der Waals surface area contributed by atoms with E-state index < -0.39 is 78.6 Å². The highest BCUT2D eigenvalue weighted by atomic mass is 16.4. The first-order chi connectivity index (χ1) is 15.2. The molecular weight excluding hydrogens is 440 g/mol. The zero-order valence-electron chi connectivity index (χ0n) is 19.2. The van der Waals surface area contributed by atoms with Gasteiger partial charge in [0.2, 0.25) is 17.7 Å². The molecule has 13 heteroatoms. The van der Waals surface area contributed by atoms with E-state index in [1.807, 2.05) is 6.92 Å². The summed E-state index contributed by atoms with van der Waals surface area (Å²) in [5.74, 6) is -6.11. The second-order valence-electron chi connectivity index (χ2n) is 7.90. The van der Waals surface area contributed by atoms with E-state index in [1.54, 1.807) is 6.92 Å². The highest BCUT2D eigenvalue weighted by molar-refractivity contribution is 5.96. The lowest BCUT2D eigenvalue weighted by molar-refractivity contribution is -0.141. The standard InChI is InChI=1S/C20H34N4O9/c1-5-9(2)16(21)19(32)22-12(6-7-14(27)28)18(31)24-17(11(4)26)20(33)23-13(10(3)25)8-15(29)30/h9,11-13,16-17,26H,5-8,21H2,1-4H3,(H,22,32)(H,23,33)(H,24,31)(H,27,28)(H,29,30)/t9?,11?,12-,13-,16-,17-/m0/s1. The summed E-state index contributed by atoms with van der Waals surface area (Å²) in [5.41, 5.74) is 5.85. The van der Waals surface area contributed by atoms with Crippen molar-refractivity contribution in [3.05, 3.63) is 0 Å². The summed E-state index contributed by atoms with van der Waals surface area (Å²) in [6.45, 7) is 5.79. The van der Waals surface area contributed by atoms with Crippen molar-refractivity contribution in [2.24, 2.45) is 11.7 Å². The van der Waals surface area contributed by atoms with Crippen molar-refractivity contribution in [3.8, 4) is 0 Å². The van der Waals surface area contributed by atoms with Crippen LogP contribution in [0.1, 0.15) is 53.4 Å². The van der Waals surface area contributed by atoms with Gasteiger partial charge in [0.1, 0.15) is 12.1 Å². The van der Waals surface area contributed by atoms with Crippen LogP contribution in [-0.4, -0.2) is 81.0 Å². The van der Waals surface area contributed by atoms with Crippen LogP contribution in [0.3, 0.4) is 0 Å². The molecule has 33 heavy (non-hydrogen) atoms. The predicted octanol–water partition coefficient (Wildman–Crippen LogP) is -1.88. The topological polar surface area (TPSA) is 225 Å². The average Bonchev–Trinajstić information content (AvgIpc) is 2.71. The number of carboxylic acid groups (broad SMARTS) is 2. The second-order valence-corrected chi connectivity index (χ2v) is 7.90. The van der Waals surface area contributed by atoms with Crippen LogP contribution >= 0.6 is 0 Å². The Morgan fingerprint density at radius 2 is 1.39 bits per heavy atom. The SMILES string of the molecule is CCC(C)[C@H](N)C(=O)N[C@@H](CCC(=O)O)C(=O)N[C@H](C(=O)N[C@@H](CC(=O)O)C(C)=O)C(C)O. The van der Waals surface area contributed by atoms with E-state index in [9.17, 15) is 33.9 Å². The van der Waals surface area contributed by atoms with Gasteiger partial charge in [0.15, 0.2) is 5.78 Å². The second kappa shape index (κ2) is 14.2. The van der Waals surface area contributed by atoms with Crippen LogP contribution in [0.15, 0.2) is 0 Å². The molecule has 0 radical (unpaired) electrons. The fourth-order valence-electron chi connectivity index (χ4n) is 2.71. The number of aliphatic hydroxyl groups excluding tert-OH is 1. The molecule has 0 fully saturated rings. The van der Waals surface area contributed by atoms with Crippen molar-refractivity contribution in [2.45, 2.75) is 83.6 Å². The number of aliphatic carboxylic acids is 2. The van der Waals surface area contributed by atoms with E-state index in [1.165, 1.54) is 6.92 Å². The zero-order chi connectivity index (χ0) is 25.9. The highest BCUT2D eigenvalue weighted by Gasteiger charge is 2.33. The molecule has 0 aromatic rings. The minimum atomic E-state index is -1.61. The lowest BCUT2D eigenvalue weighted by atomic mass is 9.98. The maximum Gasteiger partial charge on any atom is 0.305 e. The van der Waals surface area contributed by atoms with Crippen LogP contribution in [0.2, 0.25) is 0 Å². The molecule has 0 aromatic heterocycles. The number of aliphatic hydroxyl groups is 1. The van der Waals surface area contributed by atoms with Crippen LogP contribution in [0.25, 0.3) is 0 Å². The van der Waals surface area contributed by atoms with Gasteiger partial charge < -0.3 is 37.0 Å². The van der Waals surface area contributed by atoms with E-state index in [0.29, 0.717) is 6.42 Å². The first-order valence-corrected chi connectivity index (χ1v) is 10.5. The highest BCUT2D eigenvalue weighted by Crippen LogP contribution is 2.08. The van der Waals surface area contributed by atoms with Crippen LogP contribution in [0.4, 0.5) is 0 Å². The normalized spacial score (nSPS) is 16.3. The number of hydrogen-bond donors (Lipinski definition) is 7. The lowest BCUT2D eigenvalue weighted by Gasteiger charge is -2.27. The fraction of sp³-hybridized carbons (Fsp3) is 0.700. The number of carbonyl (C=O) groups is 6. The quantitative estimate of drug-likeness (QED) is 0.140. The maximum atomic E-state index is 12.8. The maximum absolute atomic E-state index is 12.8. The number of hydrogen-bond acceptors (Lipinski definition) is 8. The molecule has 0 aliphatic carbocycles. The Balaban J connectivity index is 5.54. The molecule has 0 heterocycles. The van der Waals surface area contributed by atoms with Gasteiger partial charge >= 0.3 is 11.9 Å². The number of ketones is 1. The summed E-state index contributed by atoms with van der Waals surface area (Å²) in [6, 6.07) is -5.33. The first kappa shape index (κ1) is 29.9. The third kappa shape index (κ3) is 10.9. The molecule has 3 amide bonds. The van der Waals surface area contributed by atoms with Gasteiger partial charge in [0.05, 0.1) is 24.6 Å². The summed E-state index contributed by atoms with van der Waals surface area (Å²) in [6.07, 6.45) is -2.38. The van der Waals surface area contributed by atoms with Gasteiger partial charge in [-0.1, -0.05) is 20.3 Å². The van der Waals surface area contributed by atoms with Crippen LogP contribution in [0, 0.1) is 5.92 Å². The predicted molar refractivity (Wildman–Crippen MR) is 115 cm³/mol. The molecule has 0 saturated heterocycles. The van der Waals surface area contributed by atoms with E-state index in [4.69, 9.17) is 15.9 Å². The fourth-order valence-corrected chi connectivity index (χ4v) is 2.71. The smallest absolute Gasteiger partial charge is 0.305 e. The van der Waals surface area contributed by atoms with Crippen LogP contribution in [0.5, 0.6) is 0 Å². The van der Waals surface area contributed by atoms with Crippen molar-refractivity contribution >= 4 is 35.4 Å². The lowest BCUT2D eigenvalue weighted by Crippen LogP contribution is -2.60. The van der Waals surface area contributed by atoms with E-state index in [0.717, 1.165) is 6.92 Å². The number of amides is 3. The Labute approximate surface area is 191 Å². The summed E-state index contributed by atoms with van der Waals surface area (Å²) in [5, 5.41) is 34.5. The minimum Gasteiger partial charge on any atom is -0.481 e. The Morgan fingerprint density at radius 3 is 1.82 bits per heavy atom. The molecule has 0 aliphatic heterocycles.